The lowest BCUT2D eigenvalue weighted by Gasteiger charge is -2.16. The summed E-state index contributed by atoms with van der Waals surface area (Å²) in [4.78, 5) is 32.1. The lowest BCUT2D eigenvalue weighted by Crippen LogP contribution is -2.30. The average molecular weight is 447 g/mol. The van der Waals surface area contributed by atoms with Gasteiger partial charge < -0.3 is 0 Å². The molecule has 2 amide bonds. The summed E-state index contributed by atoms with van der Waals surface area (Å²) in [6.45, 7) is 3.71. The van der Waals surface area contributed by atoms with Crippen LogP contribution in [-0.4, -0.2) is 26.6 Å². The minimum Gasteiger partial charge on any atom is -0.268 e. The number of aromatic nitrogens is 3. The molecular formula is C22H15BrN4O2. The van der Waals surface area contributed by atoms with Crippen molar-refractivity contribution in [1.82, 2.24) is 14.8 Å². The van der Waals surface area contributed by atoms with Crippen molar-refractivity contribution in [3.63, 3.8) is 0 Å². The fourth-order valence-corrected chi connectivity index (χ4v) is 4.02. The van der Waals surface area contributed by atoms with Gasteiger partial charge in [0, 0.05) is 10.7 Å². The predicted molar refractivity (Wildman–Crippen MR) is 114 cm³/mol. The van der Waals surface area contributed by atoms with Crippen LogP contribution in [0.3, 0.4) is 0 Å². The van der Waals surface area contributed by atoms with Crippen molar-refractivity contribution in [3.8, 4) is 5.69 Å². The smallest absolute Gasteiger partial charge is 0.267 e. The minimum absolute atomic E-state index is 0.309. The molecule has 142 valence electrons. The first kappa shape index (κ1) is 17.8. The second-order valence-electron chi connectivity index (χ2n) is 6.95. The van der Waals surface area contributed by atoms with E-state index in [4.69, 9.17) is 0 Å². The van der Waals surface area contributed by atoms with E-state index in [1.165, 1.54) is 11.1 Å². The number of carbonyl (C=O) groups excluding carboxylic acids is 2. The normalized spacial score (nSPS) is 13.4. The number of hydrogen-bond donors (Lipinski definition) is 0. The molecule has 6 nitrogen and oxygen atoms in total. The zero-order valence-electron chi connectivity index (χ0n) is 15.7. The molecule has 1 aliphatic heterocycles. The van der Waals surface area contributed by atoms with Gasteiger partial charge in [-0.25, -0.2) is 14.6 Å². The van der Waals surface area contributed by atoms with Crippen molar-refractivity contribution in [2.45, 2.75) is 13.8 Å². The van der Waals surface area contributed by atoms with Crippen LogP contribution < -0.4 is 4.90 Å². The summed E-state index contributed by atoms with van der Waals surface area (Å²) in [5, 5.41) is 5.21. The van der Waals surface area contributed by atoms with Gasteiger partial charge in [0.25, 0.3) is 11.8 Å². The van der Waals surface area contributed by atoms with Gasteiger partial charge in [0.05, 0.1) is 33.6 Å². The van der Waals surface area contributed by atoms with Crippen molar-refractivity contribution in [2.24, 2.45) is 0 Å². The summed E-state index contributed by atoms with van der Waals surface area (Å²) < 4.78 is 2.66. The fourth-order valence-electron chi connectivity index (χ4n) is 3.76. The summed E-state index contributed by atoms with van der Waals surface area (Å²) >= 11 is 3.43. The molecule has 29 heavy (non-hydrogen) atoms. The zero-order valence-corrected chi connectivity index (χ0v) is 17.3. The van der Waals surface area contributed by atoms with Gasteiger partial charge in [-0.2, -0.15) is 5.10 Å². The van der Waals surface area contributed by atoms with Gasteiger partial charge in [0.15, 0.2) is 5.65 Å². The van der Waals surface area contributed by atoms with Crippen LogP contribution in [0.25, 0.3) is 16.7 Å². The molecule has 0 radical (unpaired) electrons. The molecule has 0 fully saturated rings. The summed E-state index contributed by atoms with van der Waals surface area (Å²) in [5.41, 5.74) is 4.15. The molecule has 0 aliphatic carbocycles. The molecule has 0 spiro atoms. The van der Waals surface area contributed by atoms with E-state index in [-0.39, 0.29) is 11.8 Å². The molecule has 0 unspecified atom stereocenters. The Morgan fingerprint density at radius 2 is 1.66 bits per heavy atom. The first-order chi connectivity index (χ1) is 14.0. The Balaban J connectivity index is 1.73. The lowest BCUT2D eigenvalue weighted by atomic mass is 10.1. The number of pyridine rings is 1. The number of carbonyl (C=O) groups is 2. The van der Waals surface area contributed by atoms with Gasteiger partial charge in [-0.05, 0) is 49.7 Å². The molecule has 7 heteroatoms. The summed E-state index contributed by atoms with van der Waals surface area (Å²) in [6, 6.07) is 15.0. The summed E-state index contributed by atoms with van der Waals surface area (Å²) in [6.07, 6.45) is 1.48. The van der Waals surface area contributed by atoms with Crippen LogP contribution in [-0.2, 0) is 0 Å². The third-order valence-electron chi connectivity index (χ3n) is 5.15. The van der Waals surface area contributed by atoms with Gasteiger partial charge in [-0.1, -0.05) is 34.1 Å². The molecular weight excluding hydrogens is 432 g/mol. The quantitative estimate of drug-likeness (QED) is 0.422. The van der Waals surface area contributed by atoms with Crippen molar-refractivity contribution >= 4 is 44.5 Å². The van der Waals surface area contributed by atoms with E-state index in [9.17, 15) is 9.59 Å². The van der Waals surface area contributed by atoms with Crippen LogP contribution in [0.15, 0.2) is 59.2 Å². The number of benzene rings is 2. The molecule has 2 aromatic heterocycles. The summed E-state index contributed by atoms with van der Waals surface area (Å²) in [7, 11) is 0. The zero-order chi connectivity index (χ0) is 20.3. The van der Waals surface area contributed by atoms with Crippen LogP contribution in [0.2, 0.25) is 0 Å². The number of hydrogen-bond acceptors (Lipinski definition) is 4. The Morgan fingerprint density at radius 1 is 0.931 bits per heavy atom. The van der Waals surface area contributed by atoms with E-state index in [1.54, 1.807) is 10.7 Å². The number of halogens is 1. The number of imide groups is 1. The summed E-state index contributed by atoms with van der Waals surface area (Å²) in [5.74, 6) is -0.699. The molecule has 0 N–H and O–H groups in total. The molecule has 3 heterocycles. The SMILES string of the molecule is Cc1ccccc1N1C(=O)c2cnc3c(c(C)nn3-c3ccc(Br)cc3)c2C1=O. The third-order valence-corrected chi connectivity index (χ3v) is 5.68. The number of rotatable bonds is 2. The maximum Gasteiger partial charge on any atom is 0.267 e. The monoisotopic (exact) mass is 446 g/mol. The van der Waals surface area contributed by atoms with Crippen LogP contribution in [0.5, 0.6) is 0 Å². The number of nitrogens with zero attached hydrogens (tertiary/aromatic N) is 4. The van der Waals surface area contributed by atoms with Crippen molar-refractivity contribution in [1.29, 1.82) is 0 Å². The van der Waals surface area contributed by atoms with Gasteiger partial charge in [-0.3, -0.25) is 9.59 Å². The highest BCUT2D eigenvalue weighted by Crippen LogP contribution is 2.35. The Bertz CT molecular complexity index is 1320. The Hall–Kier alpha value is -3.32. The second kappa shape index (κ2) is 6.35. The third kappa shape index (κ3) is 2.54. The lowest BCUT2D eigenvalue weighted by molar-refractivity contribution is 0.0926. The number of anilines is 1. The van der Waals surface area contributed by atoms with Crippen LogP contribution in [0.4, 0.5) is 5.69 Å². The number of aryl methyl sites for hydroxylation is 2. The molecule has 1 aliphatic rings. The van der Waals surface area contributed by atoms with E-state index in [2.05, 4.69) is 26.0 Å². The average Bonchev–Trinajstić information content (AvgIpc) is 3.18. The maximum atomic E-state index is 13.4. The van der Waals surface area contributed by atoms with Crippen LogP contribution in [0.1, 0.15) is 32.0 Å². The van der Waals surface area contributed by atoms with Gasteiger partial charge in [-0.15, -0.1) is 0 Å². The van der Waals surface area contributed by atoms with E-state index in [1.807, 2.05) is 56.3 Å². The molecule has 0 atom stereocenters. The first-order valence-electron chi connectivity index (χ1n) is 9.06. The standard InChI is InChI=1S/C22H15BrN4O2/c1-12-5-3-4-6-17(12)26-21(28)16-11-24-20-18(19(16)22(26)29)13(2)25-27(20)15-9-7-14(23)8-10-15/h3-11H,1-2H3. The van der Waals surface area contributed by atoms with Crippen molar-refractivity contribution < 1.29 is 9.59 Å². The maximum absolute atomic E-state index is 13.4. The van der Waals surface area contributed by atoms with Gasteiger partial charge in [0.2, 0.25) is 0 Å². The second-order valence-corrected chi connectivity index (χ2v) is 7.87. The molecule has 0 bridgehead atoms. The predicted octanol–water partition coefficient (Wildman–Crippen LogP) is 4.60. The number of para-hydroxylation sites is 1. The van der Waals surface area contributed by atoms with E-state index in [0.29, 0.717) is 33.5 Å². The highest BCUT2D eigenvalue weighted by molar-refractivity contribution is 9.10. The van der Waals surface area contributed by atoms with Gasteiger partial charge in [0.1, 0.15) is 0 Å². The Labute approximate surface area is 174 Å². The molecule has 5 rings (SSSR count). The van der Waals surface area contributed by atoms with E-state index in [0.717, 1.165) is 15.7 Å². The van der Waals surface area contributed by atoms with E-state index >= 15 is 0 Å². The van der Waals surface area contributed by atoms with E-state index < -0.39 is 0 Å². The molecule has 0 saturated heterocycles. The largest absolute Gasteiger partial charge is 0.268 e. The van der Waals surface area contributed by atoms with Gasteiger partial charge >= 0.3 is 0 Å². The highest BCUT2D eigenvalue weighted by atomic mass is 79.9. The highest BCUT2D eigenvalue weighted by Gasteiger charge is 2.40. The van der Waals surface area contributed by atoms with Crippen molar-refractivity contribution in [2.75, 3.05) is 4.90 Å². The van der Waals surface area contributed by atoms with Crippen LogP contribution >= 0.6 is 15.9 Å². The minimum atomic E-state index is -0.357. The molecule has 4 aromatic rings. The molecule has 2 aromatic carbocycles. The number of fused-ring (bicyclic) bond motifs is 3. The first-order valence-corrected chi connectivity index (χ1v) is 9.85. The number of amides is 2. The molecule has 0 saturated carbocycles. The topological polar surface area (TPSA) is 68.1 Å². The Kier molecular flexibility index (Phi) is 3.89. The van der Waals surface area contributed by atoms with Crippen molar-refractivity contribution in [3.05, 3.63) is 81.6 Å². The Morgan fingerprint density at radius 3 is 2.38 bits per heavy atom. The fraction of sp³-hybridized carbons (Fsp3) is 0.0909. The van der Waals surface area contributed by atoms with Crippen LogP contribution in [0, 0.1) is 13.8 Å².